The van der Waals surface area contributed by atoms with Gasteiger partial charge in [0.15, 0.2) is 18.7 Å². The molecule has 0 saturated carbocycles. The fourth-order valence-electron chi connectivity index (χ4n) is 2.96. The predicted molar refractivity (Wildman–Crippen MR) is 86.6 cm³/mol. The molecule has 0 aromatic carbocycles. The number of hydrogen-bond acceptors (Lipinski definition) is 12. The zero-order valence-corrected chi connectivity index (χ0v) is 14.9. The summed E-state index contributed by atoms with van der Waals surface area (Å²) in [6.07, 6.45) is -16.2. The summed E-state index contributed by atoms with van der Waals surface area (Å²) in [5, 5.41) is 68.6. The van der Waals surface area contributed by atoms with Gasteiger partial charge >= 0.3 is 5.97 Å². The Balaban J connectivity index is 2.09. The van der Waals surface area contributed by atoms with E-state index in [0.717, 1.165) is 0 Å². The number of aliphatic hydroxyl groups excluding tert-OH is 6. The highest BCUT2D eigenvalue weighted by molar-refractivity contribution is 5.73. The first-order valence-corrected chi connectivity index (χ1v) is 8.75. The van der Waals surface area contributed by atoms with Gasteiger partial charge in [-0.3, -0.25) is 0 Å². The van der Waals surface area contributed by atoms with E-state index in [1.807, 2.05) is 0 Å². The standard InChI is InChI=1S/C15H27NO12/c16-2-1-3-25-14-10(22)8(20)11(5(4-17)26-14)27-15-9(21)6(18)7(19)12(28-15)13(23)24/h5-12,14-15,17-22H,1-4,16H2,(H,23,24)/t5-,6+,7+,8-,9-,10-,11-,12+,14-,15-/m1/s1. The van der Waals surface area contributed by atoms with Gasteiger partial charge in [0.1, 0.15) is 42.7 Å². The Kier molecular flexibility index (Phi) is 8.47. The lowest BCUT2D eigenvalue weighted by Gasteiger charge is -2.45. The van der Waals surface area contributed by atoms with Gasteiger partial charge in [0.25, 0.3) is 0 Å². The second-order valence-corrected chi connectivity index (χ2v) is 6.56. The number of nitrogens with two attached hydrogens (primary N) is 1. The van der Waals surface area contributed by atoms with E-state index in [9.17, 15) is 35.4 Å². The summed E-state index contributed by atoms with van der Waals surface area (Å²) in [5.41, 5.74) is 5.34. The molecule has 2 aliphatic rings. The van der Waals surface area contributed by atoms with E-state index in [4.69, 9.17) is 29.8 Å². The molecule has 10 atom stereocenters. The summed E-state index contributed by atoms with van der Waals surface area (Å²) >= 11 is 0. The monoisotopic (exact) mass is 413 g/mol. The maximum absolute atomic E-state index is 11.1. The maximum Gasteiger partial charge on any atom is 0.335 e. The molecule has 0 aliphatic carbocycles. The van der Waals surface area contributed by atoms with Crippen molar-refractivity contribution in [3.63, 3.8) is 0 Å². The molecule has 0 spiro atoms. The van der Waals surface area contributed by atoms with E-state index in [0.29, 0.717) is 13.0 Å². The van der Waals surface area contributed by atoms with Crippen molar-refractivity contribution in [1.82, 2.24) is 0 Å². The average Bonchev–Trinajstić information content (AvgIpc) is 2.66. The molecule has 0 aromatic heterocycles. The Morgan fingerprint density at radius 1 is 0.929 bits per heavy atom. The molecular weight excluding hydrogens is 386 g/mol. The lowest BCUT2D eigenvalue weighted by atomic mass is 9.97. The van der Waals surface area contributed by atoms with Crippen LogP contribution in [-0.2, 0) is 23.7 Å². The highest BCUT2D eigenvalue weighted by atomic mass is 16.7. The molecule has 2 rings (SSSR count). The minimum atomic E-state index is -1.92. The van der Waals surface area contributed by atoms with E-state index in [1.54, 1.807) is 0 Å². The van der Waals surface area contributed by atoms with Gasteiger partial charge < -0.3 is 60.4 Å². The lowest BCUT2D eigenvalue weighted by Crippen LogP contribution is -2.65. The zero-order chi connectivity index (χ0) is 21.0. The Bertz CT molecular complexity index is 507. The summed E-state index contributed by atoms with van der Waals surface area (Å²) in [4.78, 5) is 11.1. The molecule has 2 heterocycles. The summed E-state index contributed by atoms with van der Waals surface area (Å²) in [7, 11) is 0. The maximum atomic E-state index is 11.1. The van der Waals surface area contributed by atoms with Gasteiger partial charge in [0.05, 0.1) is 13.2 Å². The van der Waals surface area contributed by atoms with Crippen molar-refractivity contribution in [2.45, 2.75) is 67.8 Å². The third-order valence-corrected chi connectivity index (χ3v) is 4.56. The molecule has 13 heteroatoms. The van der Waals surface area contributed by atoms with Crippen LogP contribution in [-0.4, -0.2) is 123 Å². The molecule has 0 amide bonds. The fourth-order valence-corrected chi connectivity index (χ4v) is 2.96. The van der Waals surface area contributed by atoms with Crippen molar-refractivity contribution >= 4 is 5.97 Å². The van der Waals surface area contributed by atoms with E-state index in [-0.39, 0.29) is 6.61 Å². The number of carbonyl (C=O) groups is 1. The van der Waals surface area contributed by atoms with E-state index in [2.05, 4.69) is 0 Å². The Labute approximate surface area is 159 Å². The van der Waals surface area contributed by atoms with E-state index >= 15 is 0 Å². The number of rotatable bonds is 8. The van der Waals surface area contributed by atoms with Gasteiger partial charge in [-0.2, -0.15) is 0 Å². The number of aliphatic hydroxyl groups is 6. The smallest absolute Gasteiger partial charge is 0.335 e. The van der Waals surface area contributed by atoms with Crippen LogP contribution in [0.5, 0.6) is 0 Å². The second-order valence-electron chi connectivity index (χ2n) is 6.56. The van der Waals surface area contributed by atoms with Gasteiger partial charge in [-0.05, 0) is 13.0 Å². The average molecular weight is 413 g/mol. The first-order valence-electron chi connectivity index (χ1n) is 8.75. The van der Waals surface area contributed by atoms with Crippen molar-refractivity contribution in [2.24, 2.45) is 5.73 Å². The van der Waals surface area contributed by atoms with Gasteiger partial charge in [-0.25, -0.2) is 4.79 Å². The highest BCUT2D eigenvalue weighted by Crippen LogP contribution is 2.29. The number of hydrogen-bond donors (Lipinski definition) is 8. The van der Waals surface area contributed by atoms with Crippen LogP contribution in [0.2, 0.25) is 0 Å². The van der Waals surface area contributed by atoms with Crippen LogP contribution in [0, 0.1) is 0 Å². The third kappa shape index (κ3) is 4.95. The van der Waals surface area contributed by atoms with E-state index in [1.165, 1.54) is 0 Å². The minimum Gasteiger partial charge on any atom is -0.479 e. The molecule has 0 aromatic rings. The van der Waals surface area contributed by atoms with Crippen molar-refractivity contribution in [1.29, 1.82) is 0 Å². The molecular formula is C15H27NO12. The van der Waals surface area contributed by atoms with Crippen molar-refractivity contribution in [2.75, 3.05) is 19.8 Å². The molecule has 0 bridgehead atoms. The Morgan fingerprint density at radius 3 is 2.14 bits per heavy atom. The molecule has 13 nitrogen and oxygen atoms in total. The van der Waals surface area contributed by atoms with Crippen LogP contribution in [0.3, 0.4) is 0 Å². The van der Waals surface area contributed by atoms with Gasteiger partial charge in [-0.15, -0.1) is 0 Å². The SMILES string of the molecule is NCCCO[C@@H]1O[C@H](CO)[C@@H](O[C@@H]2O[C@H](C(=O)O)[C@@H](O)[C@H](O)[C@H]2O)[C@H](O)[C@H]1O. The molecule has 2 fully saturated rings. The molecule has 2 saturated heterocycles. The van der Waals surface area contributed by atoms with Gasteiger partial charge in [-0.1, -0.05) is 0 Å². The van der Waals surface area contributed by atoms with Crippen LogP contribution in [0.25, 0.3) is 0 Å². The summed E-state index contributed by atoms with van der Waals surface area (Å²) in [6, 6.07) is 0. The summed E-state index contributed by atoms with van der Waals surface area (Å²) in [5.74, 6) is -1.61. The quantitative estimate of drug-likeness (QED) is 0.175. The van der Waals surface area contributed by atoms with Crippen LogP contribution in [0.1, 0.15) is 6.42 Å². The molecule has 164 valence electrons. The molecule has 0 unspecified atom stereocenters. The van der Waals surface area contributed by atoms with Crippen molar-refractivity contribution in [3.8, 4) is 0 Å². The lowest BCUT2D eigenvalue weighted by molar-refractivity contribution is -0.355. The zero-order valence-electron chi connectivity index (χ0n) is 14.9. The third-order valence-electron chi connectivity index (χ3n) is 4.56. The van der Waals surface area contributed by atoms with Crippen molar-refractivity contribution in [3.05, 3.63) is 0 Å². The Morgan fingerprint density at radius 2 is 1.57 bits per heavy atom. The van der Waals surface area contributed by atoms with Crippen LogP contribution in [0.4, 0.5) is 0 Å². The highest BCUT2D eigenvalue weighted by Gasteiger charge is 2.52. The second kappa shape index (κ2) is 10.2. The molecule has 2 aliphatic heterocycles. The summed E-state index contributed by atoms with van der Waals surface area (Å²) in [6.45, 7) is -0.221. The van der Waals surface area contributed by atoms with Gasteiger partial charge in [0, 0.05) is 0 Å². The van der Waals surface area contributed by atoms with Crippen LogP contribution in [0.15, 0.2) is 0 Å². The van der Waals surface area contributed by atoms with Crippen molar-refractivity contribution < 1.29 is 59.5 Å². The number of carboxylic acid groups (broad SMARTS) is 1. The van der Waals surface area contributed by atoms with Gasteiger partial charge in [0.2, 0.25) is 0 Å². The van der Waals surface area contributed by atoms with E-state index < -0.39 is 74.0 Å². The first-order chi connectivity index (χ1) is 13.2. The summed E-state index contributed by atoms with van der Waals surface area (Å²) < 4.78 is 20.9. The van der Waals surface area contributed by atoms with Crippen LogP contribution >= 0.6 is 0 Å². The number of carboxylic acids is 1. The molecule has 0 radical (unpaired) electrons. The Hall–Kier alpha value is -0.970. The van der Waals surface area contributed by atoms with Crippen LogP contribution < -0.4 is 5.73 Å². The predicted octanol–water partition coefficient (Wildman–Crippen LogP) is -4.93. The largest absolute Gasteiger partial charge is 0.479 e. The molecule has 9 N–H and O–H groups in total. The number of ether oxygens (including phenoxy) is 4. The normalized spacial score (nSPS) is 44.4. The topological polar surface area (TPSA) is 222 Å². The molecule has 28 heavy (non-hydrogen) atoms. The first kappa shape index (κ1) is 23.3. The number of aliphatic carboxylic acids is 1. The minimum absolute atomic E-state index is 0.128. The fraction of sp³-hybridized carbons (Fsp3) is 0.933.